The summed E-state index contributed by atoms with van der Waals surface area (Å²) in [5.41, 5.74) is 1.75. The van der Waals surface area contributed by atoms with E-state index in [4.69, 9.17) is 9.84 Å². The lowest BCUT2D eigenvalue weighted by atomic mass is 10.1. The smallest absolute Gasteiger partial charge is 0.317 e. The summed E-state index contributed by atoms with van der Waals surface area (Å²) in [4.78, 5) is 26.6. The zero-order valence-corrected chi connectivity index (χ0v) is 13.1. The van der Waals surface area contributed by atoms with Crippen LogP contribution in [0.15, 0.2) is 10.8 Å². The van der Waals surface area contributed by atoms with Crippen molar-refractivity contribution in [2.45, 2.75) is 13.0 Å². The van der Waals surface area contributed by atoms with Crippen LogP contribution in [-0.2, 0) is 9.53 Å². The normalized spacial score (nSPS) is 19.0. The van der Waals surface area contributed by atoms with Gasteiger partial charge in [-0.2, -0.15) is 11.3 Å². The van der Waals surface area contributed by atoms with Gasteiger partial charge in [0.15, 0.2) is 0 Å². The van der Waals surface area contributed by atoms with Crippen molar-refractivity contribution in [1.82, 2.24) is 9.80 Å². The van der Waals surface area contributed by atoms with Crippen LogP contribution in [0, 0.1) is 6.92 Å². The summed E-state index contributed by atoms with van der Waals surface area (Å²) in [6.07, 6.45) is -0.147. The summed E-state index contributed by atoms with van der Waals surface area (Å²) >= 11 is 1.52. The highest BCUT2D eigenvalue weighted by molar-refractivity contribution is 7.08. The minimum atomic E-state index is -0.866. The molecule has 21 heavy (non-hydrogen) atoms. The quantitative estimate of drug-likeness (QED) is 0.875. The van der Waals surface area contributed by atoms with Gasteiger partial charge in [0.2, 0.25) is 0 Å². The van der Waals surface area contributed by atoms with Gasteiger partial charge in [0.25, 0.3) is 5.91 Å². The predicted molar refractivity (Wildman–Crippen MR) is 79.8 cm³/mol. The lowest BCUT2D eigenvalue weighted by Gasteiger charge is -2.34. The van der Waals surface area contributed by atoms with E-state index in [1.807, 2.05) is 17.7 Å². The molecule has 116 valence electrons. The van der Waals surface area contributed by atoms with E-state index in [-0.39, 0.29) is 18.6 Å². The molecule has 1 saturated heterocycles. The number of hydrogen-bond acceptors (Lipinski definition) is 5. The molecule has 1 atom stereocenters. The maximum Gasteiger partial charge on any atom is 0.317 e. The first-order valence-corrected chi connectivity index (χ1v) is 7.75. The molecule has 0 aromatic carbocycles. The zero-order valence-electron chi connectivity index (χ0n) is 12.2. The topological polar surface area (TPSA) is 70.1 Å². The number of nitrogens with zero attached hydrogens (tertiary/aromatic N) is 2. The molecule has 1 aromatic rings. The molecule has 0 aliphatic carbocycles. The lowest BCUT2D eigenvalue weighted by Crippen LogP contribution is -2.49. The van der Waals surface area contributed by atoms with Crippen LogP contribution in [0.3, 0.4) is 0 Å². The number of morpholine rings is 1. The van der Waals surface area contributed by atoms with Crippen LogP contribution in [0.1, 0.15) is 15.9 Å². The average molecular weight is 312 g/mol. The van der Waals surface area contributed by atoms with Crippen LogP contribution in [0.2, 0.25) is 0 Å². The standard InChI is InChI=1S/C14H20N2O4S/c1-10-8-21-9-12(10)14(19)16-3-4-20-11(6-16)5-15(2)7-13(17)18/h8-9,11H,3-7H2,1-2H3,(H,17,18). The summed E-state index contributed by atoms with van der Waals surface area (Å²) in [7, 11) is 1.74. The van der Waals surface area contributed by atoms with Crippen molar-refractivity contribution >= 4 is 23.2 Å². The van der Waals surface area contributed by atoms with Crippen LogP contribution in [0.25, 0.3) is 0 Å². The number of carboxylic acid groups (broad SMARTS) is 1. The Labute approximate surface area is 127 Å². The first kappa shape index (κ1) is 15.9. The molecule has 0 bridgehead atoms. The largest absolute Gasteiger partial charge is 0.480 e. The molecule has 2 heterocycles. The Morgan fingerprint density at radius 1 is 1.52 bits per heavy atom. The highest BCUT2D eigenvalue weighted by Gasteiger charge is 2.27. The van der Waals surface area contributed by atoms with E-state index in [2.05, 4.69) is 0 Å². The monoisotopic (exact) mass is 312 g/mol. The third-order valence-corrected chi connectivity index (χ3v) is 4.29. The van der Waals surface area contributed by atoms with Gasteiger partial charge in [-0.25, -0.2) is 0 Å². The molecule has 1 aliphatic rings. The van der Waals surface area contributed by atoms with Gasteiger partial charge in [-0.15, -0.1) is 0 Å². The fourth-order valence-electron chi connectivity index (χ4n) is 2.41. The average Bonchev–Trinajstić information content (AvgIpc) is 2.83. The van der Waals surface area contributed by atoms with Gasteiger partial charge < -0.3 is 14.7 Å². The number of carboxylic acids is 1. The maximum absolute atomic E-state index is 12.5. The van der Waals surface area contributed by atoms with Gasteiger partial charge >= 0.3 is 5.97 Å². The number of carbonyl (C=O) groups is 2. The number of rotatable bonds is 5. The second-order valence-corrected chi connectivity index (χ2v) is 6.05. The minimum absolute atomic E-state index is 0.0303. The predicted octanol–water partition coefficient (Wildman–Crippen LogP) is 0.914. The summed E-state index contributed by atoms with van der Waals surface area (Å²) < 4.78 is 5.63. The second kappa shape index (κ2) is 7.02. The fraction of sp³-hybridized carbons (Fsp3) is 0.571. The summed E-state index contributed by atoms with van der Waals surface area (Å²) in [6, 6.07) is 0. The molecule has 0 radical (unpaired) electrons. The van der Waals surface area contributed by atoms with E-state index in [0.717, 1.165) is 11.1 Å². The molecule has 7 heteroatoms. The molecule has 1 amide bonds. The van der Waals surface area contributed by atoms with Crippen molar-refractivity contribution in [2.75, 3.05) is 39.8 Å². The van der Waals surface area contributed by atoms with Crippen molar-refractivity contribution in [3.8, 4) is 0 Å². The second-order valence-electron chi connectivity index (χ2n) is 5.30. The van der Waals surface area contributed by atoms with E-state index in [9.17, 15) is 9.59 Å². The van der Waals surface area contributed by atoms with Crippen molar-refractivity contribution in [3.05, 3.63) is 21.9 Å². The van der Waals surface area contributed by atoms with Gasteiger partial charge in [0.1, 0.15) is 0 Å². The highest BCUT2D eigenvalue weighted by atomic mass is 32.1. The van der Waals surface area contributed by atoms with Crippen LogP contribution >= 0.6 is 11.3 Å². The molecule has 0 saturated carbocycles. The van der Waals surface area contributed by atoms with Gasteiger partial charge in [0.05, 0.1) is 24.8 Å². The first-order valence-electron chi connectivity index (χ1n) is 6.81. The third-order valence-electron chi connectivity index (χ3n) is 3.43. The number of aryl methyl sites for hydroxylation is 1. The Morgan fingerprint density at radius 2 is 2.29 bits per heavy atom. The van der Waals surface area contributed by atoms with Crippen LogP contribution in [0.4, 0.5) is 0 Å². The summed E-state index contributed by atoms with van der Waals surface area (Å²) in [5, 5.41) is 12.6. The van der Waals surface area contributed by atoms with Gasteiger partial charge in [-0.3, -0.25) is 14.5 Å². The number of likely N-dealkylation sites (N-methyl/N-ethyl adjacent to an activating group) is 1. The Balaban J connectivity index is 1.93. The van der Waals surface area contributed by atoms with Crippen molar-refractivity contribution in [3.63, 3.8) is 0 Å². The fourth-order valence-corrected chi connectivity index (χ4v) is 3.23. The Hall–Kier alpha value is -1.44. The van der Waals surface area contributed by atoms with E-state index in [1.54, 1.807) is 16.8 Å². The van der Waals surface area contributed by atoms with Crippen LogP contribution in [0.5, 0.6) is 0 Å². The molecular weight excluding hydrogens is 292 g/mol. The zero-order chi connectivity index (χ0) is 15.4. The van der Waals surface area contributed by atoms with Crippen LogP contribution in [-0.4, -0.2) is 72.7 Å². The lowest BCUT2D eigenvalue weighted by molar-refractivity contribution is -0.138. The van der Waals surface area contributed by atoms with Crippen molar-refractivity contribution < 1.29 is 19.4 Å². The molecule has 6 nitrogen and oxygen atoms in total. The molecule has 1 aromatic heterocycles. The number of thiophene rings is 1. The van der Waals surface area contributed by atoms with E-state index in [0.29, 0.717) is 26.2 Å². The van der Waals surface area contributed by atoms with Crippen LogP contribution < -0.4 is 0 Å². The number of aliphatic carboxylic acids is 1. The molecule has 2 rings (SSSR count). The van der Waals surface area contributed by atoms with Gasteiger partial charge in [-0.05, 0) is 24.9 Å². The van der Waals surface area contributed by atoms with E-state index >= 15 is 0 Å². The highest BCUT2D eigenvalue weighted by Crippen LogP contribution is 2.18. The summed E-state index contributed by atoms with van der Waals surface area (Å²) in [6.45, 7) is 3.96. The number of amides is 1. The number of carbonyl (C=O) groups excluding carboxylic acids is 1. The maximum atomic E-state index is 12.5. The van der Waals surface area contributed by atoms with E-state index in [1.165, 1.54) is 11.3 Å². The molecule has 1 fully saturated rings. The molecule has 1 unspecified atom stereocenters. The number of hydrogen-bond donors (Lipinski definition) is 1. The van der Waals surface area contributed by atoms with Gasteiger partial charge in [-0.1, -0.05) is 0 Å². The molecule has 1 N–H and O–H groups in total. The first-order chi connectivity index (χ1) is 9.97. The minimum Gasteiger partial charge on any atom is -0.480 e. The molecule has 1 aliphatic heterocycles. The summed E-state index contributed by atoms with van der Waals surface area (Å²) in [5.74, 6) is -0.835. The van der Waals surface area contributed by atoms with Crippen molar-refractivity contribution in [2.24, 2.45) is 0 Å². The van der Waals surface area contributed by atoms with Crippen molar-refractivity contribution in [1.29, 1.82) is 0 Å². The molecule has 0 spiro atoms. The Morgan fingerprint density at radius 3 is 2.90 bits per heavy atom. The Bertz CT molecular complexity index is 517. The third kappa shape index (κ3) is 4.26. The molecular formula is C14H20N2O4S. The SMILES string of the molecule is Cc1cscc1C(=O)N1CCOC(CN(C)CC(=O)O)C1. The van der Waals surface area contributed by atoms with Gasteiger partial charge in [0, 0.05) is 25.0 Å². The Kier molecular flexibility index (Phi) is 5.33. The number of ether oxygens (including phenoxy) is 1. The van der Waals surface area contributed by atoms with E-state index < -0.39 is 5.97 Å².